The third-order valence-corrected chi connectivity index (χ3v) is 2.63. The SMILES string of the molecule is Oc1ccc(N=Nc2nonc2-c2ccccc2)cc1. The Labute approximate surface area is 114 Å². The minimum atomic E-state index is 0.178. The van der Waals surface area contributed by atoms with Crippen LogP contribution in [0.1, 0.15) is 0 Å². The van der Waals surface area contributed by atoms with E-state index in [1.54, 1.807) is 12.1 Å². The maximum Gasteiger partial charge on any atom is 0.245 e. The van der Waals surface area contributed by atoms with Gasteiger partial charge in [-0.15, -0.1) is 10.2 Å². The highest BCUT2D eigenvalue weighted by atomic mass is 16.6. The summed E-state index contributed by atoms with van der Waals surface area (Å²) in [6.07, 6.45) is 0. The van der Waals surface area contributed by atoms with Gasteiger partial charge in [-0.3, -0.25) is 0 Å². The predicted molar refractivity (Wildman–Crippen MR) is 72.0 cm³/mol. The fraction of sp³-hybridized carbons (Fsp3) is 0. The molecular formula is C14H10N4O2. The largest absolute Gasteiger partial charge is 0.508 e. The van der Waals surface area contributed by atoms with Gasteiger partial charge >= 0.3 is 0 Å². The summed E-state index contributed by atoms with van der Waals surface area (Å²) in [7, 11) is 0. The zero-order valence-corrected chi connectivity index (χ0v) is 10.3. The van der Waals surface area contributed by atoms with Crippen LogP contribution in [0.15, 0.2) is 69.5 Å². The molecule has 3 rings (SSSR count). The Kier molecular flexibility index (Phi) is 3.20. The lowest BCUT2D eigenvalue weighted by atomic mass is 10.1. The first-order chi connectivity index (χ1) is 9.83. The van der Waals surface area contributed by atoms with Gasteiger partial charge in [-0.1, -0.05) is 30.3 Å². The predicted octanol–water partition coefficient (Wildman–Crippen LogP) is 3.86. The van der Waals surface area contributed by atoms with Gasteiger partial charge in [0.15, 0.2) is 5.69 Å². The molecule has 0 bridgehead atoms. The molecule has 1 heterocycles. The molecule has 0 radical (unpaired) electrons. The van der Waals surface area contributed by atoms with Gasteiger partial charge in [0.1, 0.15) is 5.75 Å². The number of azo groups is 1. The Bertz CT molecular complexity index is 720. The summed E-state index contributed by atoms with van der Waals surface area (Å²) in [5.74, 6) is 0.487. The first kappa shape index (κ1) is 12.0. The number of aromatic nitrogens is 2. The van der Waals surface area contributed by atoms with Crippen LogP contribution in [0.25, 0.3) is 11.3 Å². The molecule has 6 heteroatoms. The standard InChI is InChI=1S/C14H10N4O2/c19-12-8-6-11(7-9-12)15-16-14-13(17-20-18-14)10-4-2-1-3-5-10/h1-9,19H. The minimum Gasteiger partial charge on any atom is -0.508 e. The van der Waals surface area contributed by atoms with Gasteiger partial charge < -0.3 is 5.11 Å². The van der Waals surface area contributed by atoms with E-state index in [4.69, 9.17) is 4.63 Å². The Morgan fingerprint density at radius 1 is 0.850 bits per heavy atom. The Morgan fingerprint density at radius 3 is 2.35 bits per heavy atom. The van der Waals surface area contributed by atoms with Crippen molar-refractivity contribution in [2.75, 3.05) is 0 Å². The lowest BCUT2D eigenvalue weighted by molar-refractivity contribution is 0.309. The van der Waals surface area contributed by atoms with Gasteiger partial charge in [-0.2, -0.15) is 0 Å². The second kappa shape index (κ2) is 5.31. The first-order valence-corrected chi connectivity index (χ1v) is 5.92. The van der Waals surface area contributed by atoms with Crippen LogP contribution < -0.4 is 0 Å². The van der Waals surface area contributed by atoms with Gasteiger partial charge in [-0.25, -0.2) is 4.63 Å². The summed E-state index contributed by atoms with van der Waals surface area (Å²) in [5.41, 5.74) is 1.99. The molecular weight excluding hydrogens is 256 g/mol. The van der Waals surface area contributed by atoms with Crippen molar-refractivity contribution in [3.8, 4) is 17.0 Å². The quantitative estimate of drug-likeness (QED) is 0.729. The summed E-state index contributed by atoms with van der Waals surface area (Å²) in [6.45, 7) is 0. The molecule has 0 unspecified atom stereocenters. The van der Waals surface area contributed by atoms with Crippen LogP contribution in [-0.4, -0.2) is 15.4 Å². The molecule has 2 aromatic carbocycles. The third kappa shape index (κ3) is 2.54. The summed E-state index contributed by atoms with van der Waals surface area (Å²) in [6, 6.07) is 15.8. The highest BCUT2D eigenvalue weighted by Crippen LogP contribution is 2.28. The molecule has 0 spiro atoms. The topological polar surface area (TPSA) is 83.9 Å². The molecule has 0 atom stereocenters. The fourth-order valence-corrected chi connectivity index (χ4v) is 1.65. The van der Waals surface area contributed by atoms with Crippen LogP contribution in [0.3, 0.4) is 0 Å². The molecule has 0 amide bonds. The Hall–Kier alpha value is -3.02. The van der Waals surface area contributed by atoms with Crippen molar-refractivity contribution in [1.82, 2.24) is 10.3 Å². The van der Waals surface area contributed by atoms with E-state index in [0.717, 1.165) is 5.56 Å². The number of rotatable bonds is 3. The van der Waals surface area contributed by atoms with E-state index in [-0.39, 0.29) is 5.75 Å². The molecule has 6 nitrogen and oxygen atoms in total. The van der Waals surface area contributed by atoms with E-state index in [1.807, 2.05) is 30.3 Å². The van der Waals surface area contributed by atoms with Crippen LogP contribution in [0, 0.1) is 0 Å². The summed E-state index contributed by atoms with van der Waals surface area (Å²) >= 11 is 0. The molecule has 98 valence electrons. The van der Waals surface area contributed by atoms with Gasteiger partial charge in [0, 0.05) is 5.56 Å². The lowest BCUT2D eigenvalue weighted by Gasteiger charge is -1.94. The van der Waals surface area contributed by atoms with E-state index < -0.39 is 0 Å². The number of phenolic OH excluding ortho intramolecular Hbond substituents is 1. The number of aromatic hydroxyl groups is 1. The summed E-state index contributed by atoms with van der Waals surface area (Å²) in [4.78, 5) is 0. The van der Waals surface area contributed by atoms with Crippen molar-refractivity contribution in [2.45, 2.75) is 0 Å². The molecule has 0 aliphatic heterocycles. The lowest BCUT2D eigenvalue weighted by Crippen LogP contribution is -1.76. The summed E-state index contributed by atoms with van der Waals surface area (Å²) < 4.78 is 4.71. The van der Waals surface area contributed by atoms with E-state index in [1.165, 1.54) is 12.1 Å². The van der Waals surface area contributed by atoms with Crippen molar-refractivity contribution in [2.24, 2.45) is 10.2 Å². The average molecular weight is 266 g/mol. The Morgan fingerprint density at radius 2 is 1.60 bits per heavy atom. The molecule has 0 saturated heterocycles. The zero-order valence-electron chi connectivity index (χ0n) is 10.3. The smallest absolute Gasteiger partial charge is 0.245 e. The highest BCUT2D eigenvalue weighted by molar-refractivity contribution is 5.68. The van der Waals surface area contributed by atoms with Crippen LogP contribution in [0.4, 0.5) is 11.5 Å². The molecule has 1 aromatic heterocycles. The van der Waals surface area contributed by atoms with Crippen molar-refractivity contribution < 1.29 is 9.74 Å². The molecule has 0 saturated carbocycles. The molecule has 3 aromatic rings. The van der Waals surface area contributed by atoms with Gasteiger partial charge in [0.05, 0.1) is 5.69 Å². The van der Waals surface area contributed by atoms with E-state index in [9.17, 15) is 5.11 Å². The highest BCUT2D eigenvalue weighted by Gasteiger charge is 2.11. The fourth-order valence-electron chi connectivity index (χ4n) is 1.65. The summed E-state index contributed by atoms with van der Waals surface area (Å²) in [5, 5.41) is 24.8. The van der Waals surface area contributed by atoms with E-state index in [2.05, 4.69) is 20.5 Å². The van der Waals surface area contributed by atoms with Crippen molar-refractivity contribution in [1.29, 1.82) is 0 Å². The van der Waals surface area contributed by atoms with Gasteiger partial charge in [0.2, 0.25) is 5.82 Å². The monoisotopic (exact) mass is 266 g/mol. The molecule has 20 heavy (non-hydrogen) atoms. The number of hydrogen-bond donors (Lipinski definition) is 1. The van der Waals surface area contributed by atoms with E-state index >= 15 is 0 Å². The van der Waals surface area contributed by atoms with Crippen LogP contribution in [-0.2, 0) is 0 Å². The van der Waals surface area contributed by atoms with Gasteiger partial charge in [0.25, 0.3) is 0 Å². The number of nitrogens with zero attached hydrogens (tertiary/aromatic N) is 4. The first-order valence-electron chi connectivity index (χ1n) is 5.92. The Balaban J connectivity index is 1.89. The van der Waals surface area contributed by atoms with Crippen molar-refractivity contribution in [3.05, 3.63) is 54.6 Å². The minimum absolute atomic E-state index is 0.178. The average Bonchev–Trinajstić information content (AvgIpc) is 2.96. The maximum atomic E-state index is 9.19. The van der Waals surface area contributed by atoms with E-state index in [0.29, 0.717) is 17.2 Å². The number of benzene rings is 2. The second-order valence-electron chi connectivity index (χ2n) is 4.02. The third-order valence-electron chi connectivity index (χ3n) is 2.63. The van der Waals surface area contributed by atoms with Gasteiger partial charge in [-0.05, 0) is 34.6 Å². The molecule has 0 aliphatic rings. The van der Waals surface area contributed by atoms with Crippen molar-refractivity contribution >= 4 is 11.5 Å². The zero-order chi connectivity index (χ0) is 13.8. The molecule has 0 fully saturated rings. The van der Waals surface area contributed by atoms with Crippen molar-refractivity contribution in [3.63, 3.8) is 0 Å². The van der Waals surface area contributed by atoms with Crippen LogP contribution >= 0.6 is 0 Å². The normalized spacial score (nSPS) is 11.0. The second-order valence-corrected chi connectivity index (χ2v) is 4.02. The maximum absolute atomic E-state index is 9.19. The number of phenols is 1. The molecule has 0 aliphatic carbocycles. The molecule has 1 N–H and O–H groups in total. The van der Waals surface area contributed by atoms with Crippen LogP contribution in [0.5, 0.6) is 5.75 Å². The number of hydrogen-bond acceptors (Lipinski definition) is 6. The van der Waals surface area contributed by atoms with Crippen LogP contribution in [0.2, 0.25) is 0 Å².